The van der Waals surface area contributed by atoms with Crippen molar-refractivity contribution < 1.29 is 23.9 Å². The quantitative estimate of drug-likeness (QED) is 0.163. The van der Waals surface area contributed by atoms with E-state index in [0.717, 1.165) is 12.8 Å². The second-order valence-electron chi connectivity index (χ2n) is 7.66. The smallest absolute Gasteiger partial charge is 0.329 e. The second-order valence-corrected chi connectivity index (χ2v) is 7.66. The molecule has 0 heterocycles. The van der Waals surface area contributed by atoms with Gasteiger partial charge in [-0.2, -0.15) is 5.10 Å². The number of hydrazone groups is 1. The fourth-order valence-electron chi connectivity index (χ4n) is 2.92. The summed E-state index contributed by atoms with van der Waals surface area (Å²) < 4.78 is 11.1. The lowest BCUT2D eigenvalue weighted by Gasteiger charge is -2.08. The number of benzene rings is 3. The number of anilines is 2. The van der Waals surface area contributed by atoms with E-state index in [-0.39, 0.29) is 12.5 Å². The molecule has 3 aromatic rings. The summed E-state index contributed by atoms with van der Waals surface area (Å²) in [5.74, 6) is -0.920. The first-order valence-corrected chi connectivity index (χ1v) is 11.5. The number of rotatable bonds is 11. The van der Waals surface area contributed by atoms with E-state index in [9.17, 15) is 14.4 Å². The van der Waals surface area contributed by atoms with Crippen molar-refractivity contribution in [3.63, 3.8) is 0 Å². The first-order valence-electron chi connectivity index (χ1n) is 11.5. The molecule has 9 heteroatoms. The topological polar surface area (TPSA) is 118 Å². The summed E-state index contributed by atoms with van der Waals surface area (Å²) >= 11 is 0. The van der Waals surface area contributed by atoms with E-state index in [2.05, 4.69) is 28.1 Å². The highest BCUT2D eigenvalue weighted by Gasteiger charge is 2.13. The number of nitrogens with one attached hydrogen (secondary N) is 3. The van der Waals surface area contributed by atoms with Crippen LogP contribution in [0.4, 0.5) is 11.4 Å². The van der Waals surface area contributed by atoms with Gasteiger partial charge in [0, 0.05) is 11.4 Å². The molecule has 3 rings (SSSR count). The lowest BCUT2D eigenvalue weighted by molar-refractivity contribution is -0.136. The minimum atomic E-state index is -0.917. The van der Waals surface area contributed by atoms with Gasteiger partial charge in [-0.1, -0.05) is 43.7 Å². The van der Waals surface area contributed by atoms with Crippen molar-refractivity contribution >= 4 is 35.3 Å². The Labute approximate surface area is 209 Å². The van der Waals surface area contributed by atoms with E-state index in [4.69, 9.17) is 9.47 Å². The zero-order valence-corrected chi connectivity index (χ0v) is 19.9. The van der Waals surface area contributed by atoms with Gasteiger partial charge in [0.1, 0.15) is 11.5 Å². The molecule has 0 fully saturated rings. The van der Waals surface area contributed by atoms with Gasteiger partial charge < -0.3 is 20.1 Å². The molecule has 3 aromatic carbocycles. The van der Waals surface area contributed by atoms with Crippen LogP contribution in [0.3, 0.4) is 0 Å². The summed E-state index contributed by atoms with van der Waals surface area (Å²) in [5, 5.41) is 9.04. The van der Waals surface area contributed by atoms with Crippen molar-refractivity contribution in [1.82, 2.24) is 5.43 Å². The average Bonchev–Trinajstić information content (AvgIpc) is 2.89. The summed E-state index contributed by atoms with van der Waals surface area (Å²) in [5.41, 5.74) is 3.93. The van der Waals surface area contributed by atoms with Crippen molar-refractivity contribution in [2.75, 3.05) is 23.8 Å². The van der Waals surface area contributed by atoms with Gasteiger partial charge >= 0.3 is 11.8 Å². The van der Waals surface area contributed by atoms with Crippen molar-refractivity contribution in [3.05, 3.63) is 84.4 Å². The average molecular weight is 489 g/mol. The van der Waals surface area contributed by atoms with Crippen molar-refractivity contribution in [3.8, 4) is 11.5 Å². The Morgan fingerprint density at radius 3 is 2.31 bits per heavy atom. The highest BCUT2D eigenvalue weighted by Crippen LogP contribution is 2.16. The summed E-state index contributed by atoms with van der Waals surface area (Å²) in [6.07, 6.45) is 3.37. The summed E-state index contributed by atoms with van der Waals surface area (Å²) in [6.45, 7) is 2.54. The Morgan fingerprint density at radius 2 is 1.56 bits per heavy atom. The number of carbonyl (C=O) groups excluding carboxylic acids is 3. The number of hydrogen-bond donors (Lipinski definition) is 3. The zero-order valence-electron chi connectivity index (χ0n) is 19.9. The fraction of sp³-hybridized carbons (Fsp3) is 0.185. The van der Waals surface area contributed by atoms with E-state index < -0.39 is 11.8 Å². The van der Waals surface area contributed by atoms with Gasteiger partial charge in [0.05, 0.1) is 12.8 Å². The fourth-order valence-corrected chi connectivity index (χ4v) is 2.92. The summed E-state index contributed by atoms with van der Waals surface area (Å²) in [7, 11) is 0. The summed E-state index contributed by atoms with van der Waals surface area (Å²) in [6, 6.07) is 22.6. The molecule has 9 nitrogen and oxygen atoms in total. The van der Waals surface area contributed by atoms with Crippen molar-refractivity contribution in [2.45, 2.75) is 19.8 Å². The highest BCUT2D eigenvalue weighted by molar-refractivity contribution is 6.39. The molecule has 0 radical (unpaired) electrons. The van der Waals surface area contributed by atoms with Crippen LogP contribution >= 0.6 is 0 Å². The van der Waals surface area contributed by atoms with Crippen LogP contribution in [0.5, 0.6) is 11.5 Å². The first-order chi connectivity index (χ1) is 17.5. The van der Waals surface area contributed by atoms with E-state index in [1.165, 1.54) is 6.21 Å². The van der Waals surface area contributed by atoms with Crippen LogP contribution in [0.15, 0.2) is 84.0 Å². The van der Waals surface area contributed by atoms with Crippen LogP contribution < -0.4 is 25.5 Å². The second kappa shape index (κ2) is 13.9. The number of carbonyl (C=O) groups is 3. The van der Waals surface area contributed by atoms with Gasteiger partial charge in [0.15, 0.2) is 6.61 Å². The van der Waals surface area contributed by atoms with Gasteiger partial charge in [-0.25, -0.2) is 5.43 Å². The number of para-hydroxylation sites is 1. The molecule has 0 bridgehead atoms. The Hall–Kier alpha value is -4.66. The van der Waals surface area contributed by atoms with Gasteiger partial charge in [-0.15, -0.1) is 0 Å². The van der Waals surface area contributed by atoms with Crippen LogP contribution in [0, 0.1) is 0 Å². The lowest BCUT2D eigenvalue weighted by Crippen LogP contribution is -2.32. The monoisotopic (exact) mass is 488 g/mol. The zero-order chi connectivity index (χ0) is 25.6. The number of ether oxygens (including phenoxy) is 2. The van der Waals surface area contributed by atoms with Gasteiger partial charge in [-0.05, 0) is 60.5 Å². The van der Waals surface area contributed by atoms with Crippen LogP contribution in [-0.4, -0.2) is 37.1 Å². The number of unbranched alkanes of at least 4 members (excludes halogenated alkanes) is 1. The Balaban J connectivity index is 1.43. The number of hydrogen-bond acceptors (Lipinski definition) is 6. The molecule has 0 atom stereocenters. The predicted octanol–water partition coefficient (Wildman–Crippen LogP) is 3.97. The van der Waals surface area contributed by atoms with Crippen LogP contribution in [0.1, 0.15) is 25.3 Å². The minimum absolute atomic E-state index is 0.168. The van der Waals surface area contributed by atoms with Gasteiger partial charge in [0.2, 0.25) is 0 Å². The predicted molar refractivity (Wildman–Crippen MR) is 138 cm³/mol. The maximum atomic E-state index is 12.1. The summed E-state index contributed by atoms with van der Waals surface area (Å²) in [4.78, 5) is 36.2. The third-order valence-corrected chi connectivity index (χ3v) is 4.75. The molecular weight excluding hydrogens is 460 g/mol. The molecule has 0 aliphatic carbocycles. The van der Waals surface area contributed by atoms with Crippen molar-refractivity contribution in [1.29, 1.82) is 0 Å². The molecule has 3 amide bonds. The molecule has 0 aromatic heterocycles. The van der Waals surface area contributed by atoms with E-state index in [1.54, 1.807) is 60.7 Å². The Bertz CT molecular complexity index is 1180. The minimum Gasteiger partial charge on any atom is -0.494 e. The molecule has 0 spiro atoms. The number of amides is 3. The van der Waals surface area contributed by atoms with E-state index in [1.807, 2.05) is 18.2 Å². The normalized spacial score (nSPS) is 10.5. The molecule has 0 saturated heterocycles. The van der Waals surface area contributed by atoms with Crippen LogP contribution in [0.25, 0.3) is 0 Å². The van der Waals surface area contributed by atoms with Crippen molar-refractivity contribution in [2.24, 2.45) is 5.10 Å². The third-order valence-electron chi connectivity index (χ3n) is 4.75. The van der Waals surface area contributed by atoms with Crippen LogP contribution in [0.2, 0.25) is 0 Å². The molecule has 0 saturated carbocycles. The molecule has 186 valence electrons. The third kappa shape index (κ3) is 8.94. The van der Waals surface area contributed by atoms with E-state index in [0.29, 0.717) is 35.0 Å². The maximum absolute atomic E-state index is 12.1. The largest absolute Gasteiger partial charge is 0.494 e. The molecule has 0 aliphatic rings. The lowest BCUT2D eigenvalue weighted by atomic mass is 10.2. The highest BCUT2D eigenvalue weighted by atomic mass is 16.5. The van der Waals surface area contributed by atoms with Crippen LogP contribution in [-0.2, 0) is 14.4 Å². The van der Waals surface area contributed by atoms with Gasteiger partial charge in [0.25, 0.3) is 5.91 Å². The maximum Gasteiger partial charge on any atom is 0.329 e. The van der Waals surface area contributed by atoms with E-state index >= 15 is 0 Å². The Kier molecular flexibility index (Phi) is 10.0. The molecule has 0 aliphatic heterocycles. The number of nitrogens with zero attached hydrogens (tertiary/aromatic N) is 1. The first kappa shape index (κ1) is 26.0. The molecule has 3 N–H and O–H groups in total. The van der Waals surface area contributed by atoms with Gasteiger partial charge in [-0.3, -0.25) is 14.4 Å². The molecule has 36 heavy (non-hydrogen) atoms. The molecular formula is C27H28N4O5. The molecule has 0 unspecified atom stereocenters. The Morgan fingerprint density at radius 1 is 0.806 bits per heavy atom. The standard InChI is InChI=1S/C27H28N4O5/c1-2-3-16-35-23-14-12-22(13-15-23)30-26(33)27(34)31-28-18-20-8-7-11-24(17-20)36-19-25(32)29-21-9-5-4-6-10-21/h4-15,17-18H,2-3,16,19H2,1H3,(H,29,32)(H,30,33)(H,31,34)/b28-18-. The SMILES string of the molecule is CCCCOc1ccc(NC(=O)C(=O)N/N=C\c2cccc(OCC(=O)Nc3ccccc3)c2)cc1.